The fourth-order valence-corrected chi connectivity index (χ4v) is 0.971. The van der Waals surface area contributed by atoms with Crippen LogP contribution in [0.5, 0.6) is 0 Å². The number of carboxylic acid groups (broad SMARTS) is 1. The molecule has 0 bridgehead atoms. The third-order valence-corrected chi connectivity index (χ3v) is 1.75. The number of nitrogens with zero attached hydrogens (tertiary/aromatic N) is 1. The predicted octanol–water partition coefficient (Wildman–Crippen LogP) is -1.01. The Morgan fingerprint density at radius 3 is 3.07 bits per heavy atom. The fraction of sp³-hybridized carbons (Fsp3) is 0.500. The van der Waals surface area contributed by atoms with E-state index in [4.69, 9.17) is 10.2 Å². The van der Waals surface area contributed by atoms with Crippen LogP contribution in [0.1, 0.15) is 5.69 Å². The minimum Gasteiger partial charge on any atom is -0.479 e. The van der Waals surface area contributed by atoms with Crippen molar-refractivity contribution in [3.63, 3.8) is 0 Å². The van der Waals surface area contributed by atoms with Gasteiger partial charge in [-0.05, 0) is 0 Å². The van der Waals surface area contributed by atoms with Gasteiger partial charge in [-0.1, -0.05) is 0 Å². The standard InChI is InChI=1S/C8H13N3O3/c12-7(8(13)14)4-9-2-1-6-3-10-5-11-6/h3,5,7,9,12H,1-2,4H2,(H,10,11)(H,13,14). The molecule has 4 N–H and O–H groups in total. The van der Waals surface area contributed by atoms with Crippen LogP contribution in [0.25, 0.3) is 0 Å². The second-order valence-electron chi connectivity index (χ2n) is 2.89. The summed E-state index contributed by atoms with van der Waals surface area (Å²) >= 11 is 0. The maximum absolute atomic E-state index is 10.2. The van der Waals surface area contributed by atoms with Crippen molar-refractivity contribution in [2.45, 2.75) is 12.5 Å². The number of aromatic nitrogens is 2. The van der Waals surface area contributed by atoms with E-state index in [9.17, 15) is 4.79 Å². The van der Waals surface area contributed by atoms with E-state index in [0.717, 1.165) is 12.1 Å². The predicted molar refractivity (Wildman–Crippen MR) is 48.8 cm³/mol. The highest BCUT2D eigenvalue weighted by Gasteiger charge is 2.11. The van der Waals surface area contributed by atoms with E-state index in [1.807, 2.05) is 0 Å². The molecule has 14 heavy (non-hydrogen) atoms. The Hall–Kier alpha value is -1.40. The van der Waals surface area contributed by atoms with Crippen molar-refractivity contribution in [3.8, 4) is 0 Å². The van der Waals surface area contributed by atoms with E-state index in [1.54, 1.807) is 12.5 Å². The molecule has 0 fully saturated rings. The molecule has 1 aromatic heterocycles. The summed E-state index contributed by atoms with van der Waals surface area (Å²) in [5, 5.41) is 20.1. The molecule has 1 unspecified atom stereocenters. The van der Waals surface area contributed by atoms with Crippen LogP contribution >= 0.6 is 0 Å². The van der Waals surface area contributed by atoms with Gasteiger partial charge in [0.1, 0.15) is 0 Å². The number of imidazole rings is 1. The molecule has 1 atom stereocenters. The van der Waals surface area contributed by atoms with Crippen molar-refractivity contribution in [1.82, 2.24) is 15.3 Å². The van der Waals surface area contributed by atoms with Gasteiger partial charge in [0.15, 0.2) is 6.10 Å². The number of aliphatic hydroxyl groups excluding tert-OH is 1. The summed E-state index contributed by atoms with van der Waals surface area (Å²) in [5.41, 5.74) is 0.974. The van der Waals surface area contributed by atoms with Crippen molar-refractivity contribution in [1.29, 1.82) is 0 Å². The minimum atomic E-state index is -1.34. The Morgan fingerprint density at radius 2 is 2.50 bits per heavy atom. The van der Waals surface area contributed by atoms with Gasteiger partial charge < -0.3 is 20.5 Å². The Kier molecular flexibility index (Phi) is 4.09. The molecular weight excluding hydrogens is 186 g/mol. The molecule has 0 aromatic carbocycles. The molecular formula is C8H13N3O3. The zero-order valence-corrected chi connectivity index (χ0v) is 7.60. The first kappa shape index (κ1) is 10.7. The summed E-state index contributed by atoms with van der Waals surface area (Å²) in [6, 6.07) is 0. The summed E-state index contributed by atoms with van der Waals surface area (Å²) in [5.74, 6) is -1.21. The number of hydrogen-bond acceptors (Lipinski definition) is 4. The van der Waals surface area contributed by atoms with Gasteiger partial charge in [-0.15, -0.1) is 0 Å². The monoisotopic (exact) mass is 199 g/mol. The van der Waals surface area contributed by atoms with Gasteiger partial charge in [0, 0.05) is 31.4 Å². The van der Waals surface area contributed by atoms with Crippen LogP contribution in [0, 0.1) is 0 Å². The third-order valence-electron chi connectivity index (χ3n) is 1.75. The van der Waals surface area contributed by atoms with Gasteiger partial charge >= 0.3 is 5.97 Å². The van der Waals surface area contributed by atoms with E-state index in [2.05, 4.69) is 15.3 Å². The van der Waals surface area contributed by atoms with Crippen molar-refractivity contribution in [2.75, 3.05) is 13.1 Å². The van der Waals surface area contributed by atoms with Crippen molar-refractivity contribution in [3.05, 3.63) is 18.2 Å². The highest BCUT2D eigenvalue weighted by molar-refractivity contribution is 5.72. The van der Waals surface area contributed by atoms with Crippen LogP contribution in [0.2, 0.25) is 0 Å². The molecule has 0 saturated heterocycles. The van der Waals surface area contributed by atoms with E-state index < -0.39 is 12.1 Å². The molecule has 78 valence electrons. The molecule has 0 saturated carbocycles. The maximum Gasteiger partial charge on any atom is 0.333 e. The highest BCUT2D eigenvalue weighted by atomic mass is 16.4. The number of hydrogen-bond donors (Lipinski definition) is 4. The normalized spacial score (nSPS) is 12.6. The number of aliphatic carboxylic acids is 1. The number of aromatic amines is 1. The summed E-state index contributed by atoms with van der Waals surface area (Å²) < 4.78 is 0. The Morgan fingerprint density at radius 1 is 1.71 bits per heavy atom. The van der Waals surface area contributed by atoms with Crippen molar-refractivity contribution in [2.24, 2.45) is 0 Å². The largest absolute Gasteiger partial charge is 0.479 e. The quantitative estimate of drug-likeness (QED) is 0.440. The van der Waals surface area contributed by atoms with Gasteiger partial charge in [-0.25, -0.2) is 9.78 Å². The molecule has 6 nitrogen and oxygen atoms in total. The molecule has 0 radical (unpaired) electrons. The van der Waals surface area contributed by atoms with Gasteiger partial charge in [-0.2, -0.15) is 0 Å². The number of carbonyl (C=O) groups is 1. The van der Waals surface area contributed by atoms with E-state index in [-0.39, 0.29) is 6.54 Å². The van der Waals surface area contributed by atoms with Gasteiger partial charge in [-0.3, -0.25) is 0 Å². The van der Waals surface area contributed by atoms with Crippen molar-refractivity contribution < 1.29 is 15.0 Å². The lowest BCUT2D eigenvalue weighted by atomic mass is 10.3. The Balaban J connectivity index is 2.08. The molecule has 0 aliphatic rings. The molecule has 1 aromatic rings. The van der Waals surface area contributed by atoms with Crippen LogP contribution in [0.3, 0.4) is 0 Å². The van der Waals surface area contributed by atoms with Gasteiger partial charge in [0.2, 0.25) is 0 Å². The molecule has 0 aliphatic heterocycles. The SMILES string of the molecule is O=C(O)C(O)CNCCc1cnc[nH]1. The van der Waals surface area contributed by atoms with Crippen LogP contribution in [-0.4, -0.2) is 45.3 Å². The lowest BCUT2D eigenvalue weighted by Crippen LogP contribution is -2.34. The topological polar surface area (TPSA) is 98.2 Å². The molecule has 0 aliphatic carbocycles. The summed E-state index contributed by atoms with van der Waals surface area (Å²) in [6.45, 7) is 0.663. The van der Waals surface area contributed by atoms with Gasteiger partial charge in [0.05, 0.1) is 6.33 Å². The second-order valence-corrected chi connectivity index (χ2v) is 2.89. The van der Waals surface area contributed by atoms with Crippen LogP contribution in [0.4, 0.5) is 0 Å². The number of carboxylic acids is 1. The molecule has 0 spiro atoms. The zero-order valence-electron chi connectivity index (χ0n) is 7.60. The minimum absolute atomic E-state index is 0.0590. The van der Waals surface area contributed by atoms with Crippen LogP contribution in [0.15, 0.2) is 12.5 Å². The van der Waals surface area contributed by atoms with Gasteiger partial charge in [0.25, 0.3) is 0 Å². The molecule has 1 heterocycles. The summed E-state index contributed by atoms with van der Waals surface area (Å²) in [7, 11) is 0. The van der Waals surface area contributed by atoms with E-state index in [1.165, 1.54) is 0 Å². The average Bonchev–Trinajstić information content (AvgIpc) is 2.64. The molecule has 0 amide bonds. The summed E-state index contributed by atoms with van der Waals surface area (Å²) in [6.07, 6.45) is 2.68. The Bertz CT molecular complexity index is 273. The fourth-order valence-electron chi connectivity index (χ4n) is 0.971. The second kappa shape index (κ2) is 5.36. The number of nitrogens with one attached hydrogen (secondary N) is 2. The lowest BCUT2D eigenvalue weighted by molar-refractivity contribution is -0.146. The first-order chi connectivity index (χ1) is 6.70. The first-order valence-electron chi connectivity index (χ1n) is 4.29. The third kappa shape index (κ3) is 3.55. The number of rotatable bonds is 6. The lowest BCUT2D eigenvalue weighted by Gasteiger charge is -2.06. The number of H-pyrrole nitrogens is 1. The zero-order chi connectivity index (χ0) is 10.4. The van der Waals surface area contributed by atoms with Crippen LogP contribution < -0.4 is 5.32 Å². The smallest absolute Gasteiger partial charge is 0.333 e. The molecule has 1 rings (SSSR count). The van der Waals surface area contributed by atoms with E-state index >= 15 is 0 Å². The van der Waals surface area contributed by atoms with Crippen molar-refractivity contribution >= 4 is 5.97 Å². The number of aliphatic hydroxyl groups is 1. The average molecular weight is 199 g/mol. The maximum atomic E-state index is 10.2. The van der Waals surface area contributed by atoms with E-state index in [0.29, 0.717) is 6.54 Å². The summed E-state index contributed by atoms with van der Waals surface area (Å²) in [4.78, 5) is 17.0. The molecule has 6 heteroatoms. The first-order valence-corrected chi connectivity index (χ1v) is 4.29. The Labute approximate surface area is 81.0 Å². The highest BCUT2D eigenvalue weighted by Crippen LogP contribution is 1.90. The van der Waals surface area contributed by atoms with Crippen LogP contribution in [-0.2, 0) is 11.2 Å².